The number of anilines is 2. The van der Waals surface area contributed by atoms with Crippen molar-refractivity contribution in [1.29, 1.82) is 0 Å². The minimum atomic E-state index is -0.931. The Morgan fingerprint density at radius 1 is 1.35 bits per heavy atom. The SMILES string of the molecule is COC(=O)/N=c1\nc(N2CC=CCC2)cc(NC(=O)OC)n1O. The topological polar surface area (TPSA) is 118 Å². The first-order chi connectivity index (χ1) is 11.0. The van der Waals surface area contributed by atoms with Crippen LogP contribution in [0.2, 0.25) is 0 Å². The normalized spacial score (nSPS) is 14.5. The lowest BCUT2D eigenvalue weighted by Gasteiger charge is -2.25. The molecule has 124 valence electrons. The molecule has 10 nitrogen and oxygen atoms in total. The van der Waals surface area contributed by atoms with Gasteiger partial charge in [0.2, 0.25) is 0 Å². The minimum absolute atomic E-state index is 0.0425. The first-order valence-electron chi connectivity index (χ1n) is 6.76. The Labute approximate surface area is 131 Å². The van der Waals surface area contributed by atoms with Crippen LogP contribution in [0.25, 0.3) is 0 Å². The van der Waals surface area contributed by atoms with Crippen LogP contribution in [0, 0.1) is 0 Å². The van der Waals surface area contributed by atoms with E-state index in [1.807, 2.05) is 17.1 Å². The van der Waals surface area contributed by atoms with Gasteiger partial charge in [-0.05, 0) is 6.42 Å². The van der Waals surface area contributed by atoms with E-state index in [0.717, 1.165) is 13.5 Å². The summed E-state index contributed by atoms with van der Waals surface area (Å²) in [5.41, 5.74) is -0.324. The Morgan fingerprint density at radius 3 is 2.74 bits per heavy atom. The third-order valence-electron chi connectivity index (χ3n) is 3.06. The third kappa shape index (κ3) is 3.99. The van der Waals surface area contributed by atoms with E-state index < -0.39 is 12.2 Å². The summed E-state index contributed by atoms with van der Waals surface area (Å²) in [5, 5.41) is 12.4. The summed E-state index contributed by atoms with van der Waals surface area (Å²) in [7, 11) is 2.34. The van der Waals surface area contributed by atoms with E-state index in [4.69, 9.17) is 0 Å². The van der Waals surface area contributed by atoms with E-state index in [1.165, 1.54) is 13.2 Å². The van der Waals surface area contributed by atoms with Crippen LogP contribution in [0.15, 0.2) is 23.2 Å². The molecule has 0 atom stereocenters. The highest BCUT2D eigenvalue weighted by Gasteiger charge is 2.15. The van der Waals surface area contributed by atoms with Gasteiger partial charge in [0.25, 0.3) is 5.62 Å². The number of carbonyl (C=O) groups is 2. The van der Waals surface area contributed by atoms with E-state index >= 15 is 0 Å². The molecule has 1 aliphatic heterocycles. The molecule has 0 saturated heterocycles. The quantitative estimate of drug-likeness (QED) is 0.608. The zero-order valence-electron chi connectivity index (χ0n) is 12.7. The molecule has 2 N–H and O–H groups in total. The second kappa shape index (κ2) is 7.29. The Morgan fingerprint density at radius 2 is 2.13 bits per heavy atom. The highest BCUT2D eigenvalue weighted by atomic mass is 16.5. The second-order valence-corrected chi connectivity index (χ2v) is 4.52. The number of nitrogens with one attached hydrogen (secondary N) is 1. The Kier molecular flexibility index (Phi) is 5.18. The van der Waals surface area contributed by atoms with Gasteiger partial charge in [0, 0.05) is 19.2 Å². The standard InChI is InChI=1S/C13H17N5O5/c1-22-12(19)15-10-8-9(17-6-4-3-5-7-17)14-11(18(10)21)16-13(20)23-2/h3-4,8,21H,5-7H2,1-2H3,(H,15,19)/b16-11+. The van der Waals surface area contributed by atoms with E-state index in [1.54, 1.807) is 0 Å². The molecule has 1 aromatic heterocycles. The number of aromatic nitrogens is 2. The van der Waals surface area contributed by atoms with Crippen LogP contribution in [0.4, 0.5) is 21.2 Å². The fourth-order valence-corrected chi connectivity index (χ4v) is 1.93. The van der Waals surface area contributed by atoms with Gasteiger partial charge in [0.15, 0.2) is 5.82 Å². The van der Waals surface area contributed by atoms with Gasteiger partial charge in [-0.25, -0.2) is 9.59 Å². The minimum Gasteiger partial charge on any atom is -0.453 e. The lowest BCUT2D eigenvalue weighted by molar-refractivity contribution is 0.160. The molecule has 1 aromatic rings. The number of hydrogen-bond acceptors (Lipinski definition) is 7. The van der Waals surface area contributed by atoms with Crippen LogP contribution >= 0.6 is 0 Å². The predicted molar refractivity (Wildman–Crippen MR) is 79.4 cm³/mol. The van der Waals surface area contributed by atoms with Gasteiger partial charge < -0.3 is 19.6 Å². The van der Waals surface area contributed by atoms with Crippen LogP contribution in [0.1, 0.15) is 6.42 Å². The number of nitrogens with zero attached hydrogens (tertiary/aromatic N) is 4. The van der Waals surface area contributed by atoms with E-state index in [2.05, 4.69) is 24.8 Å². The zero-order valence-corrected chi connectivity index (χ0v) is 12.7. The van der Waals surface area contributed by atoms with Crippen LogP contribution in [-0.4, -0.2) is 54.4 Å². The van der Waals surface area contributed by atoms with E-state index in [0.29, 0.717) is 23.6 Å². The van der Waals surface area contributed by atoms with Crippen molar-refractivity contribution in [3.8, 4) is 0 Å². The van der Waals surface area contributed by atoms with Crippen molar-refractivity contribution in [2.75, 3.05) is 37.5 Å². The number of methoxy groups -OCH3 is 2. The molecular weight excluding hydrogens is 306 g/mol. The molecular formula is C13H17N5O5. The number of carbonyl (C=O) groups excluding carboxylic acids is 2. The highest BCUT2D eigenvalue weighted by molar-refractivity contribution is 5.83. The van der Waals surface area contributed by atoms with Crippen molar-refractivity contribution in [2.45, 2.75) is 6.42 Å². The molecule has 0 spiro atoms. The van der Waals surface area contributed by atoms with Gasteiger partial charge in [-0.3, -0.25) is 5.32 Å². The third-order valence-corrected chi connectivity index (χ3v) is 3.06. The van der Waals surface area contributed by atoms with Crippen molar-refractivity contribution in [3.05, 3.63) is 23.8 Å². The number of amides is 2. The summed E-state index contributed by atoms with van der Waals surface area (Å²) in [5.74, 6) is 0.396. The molecule has 10 heteroatoms. The van der Waals surface area contributed by atoms with Crippen LogP contribution in [0.3, 0.4) is 0 Å². The highest BCUT2D eigenvalue weighted by Crippen LogP contribution is 2.16. The number of rotatable bonds is 2. The zero-order chi connectivity index (χ0) is 16.8. The Hall–Kier alpha value is -3.04. The second-order valence-electron chi connectivity index (χ2n) is 4.52. The van der Waals surface area contributed by atoms with Crippen molar-refractivity contribution in [3.63, 3.8) is 0 Å². The van der Waals surface area contributed by atoms with Crippen LogP contribution < -0.4 is 15.8 Å². The van der Waals surface area contributed by atoms with E-state index in [-0.39, 0.29) is 11.4 Å². The summed E-state index contributed by atoms with van der Waals surface area (Å²) in [6, 6.07) is 1.45. The first-order valence-corrected chi connectivity index (χ1v) is 6.76. The maximum absolute atomic E-state index is 11.4. The van der Waals surface area contributed by atoms with Crippen LogP contribution in [-0.2, 0) is 9.47 Å². The predicted octanol–water partition coefficient (Wildman–Crippen LogP) is 0.732. The lowest BCUT2D eigenvalue weighted by Crippen LogP contribution is -2.34. The maximum atomic E-state index is 11.4. The fourth-order valence-electron chi connectivity index (χ4n) is 1.93. The molecule has 2 amide bonds. The Bertz CT molecular complexity index is 696. The summed E-state index contributed by atoms with van der Waals surface area (Å²) in [6.45, 7) is 1.31. The van der Waals surface area contributed by atoms with Crippen LogP contribution in [0.5, 0.6) is 0 Å². The maximum Gasteiger partial charge on any atom is 0.436 e. The molecule has 0 bridgehead atoms. The Balaban J connectivity index is 2.50. The molecule has 1 aliphatic rings. The monoisotopic (exact) mass is 323 g/mol. The molecule has 23 heavy (non-hydrogen) atoms. The lowest BCUT2D eigenvalue weighted by atomic mass is 10.2. The molecule has 0 radical (unpaired) electrons. The summed E-state index contributed by atoms with van der Waals surface area (Å²) in [4.78, 5) is 32.3. The molecule has 0 fully saturated rings. The van der Waals surface area contributed by atoms with Gasteiger partial charge >= 0.3 is 12.2 Å². The van der Waals surface area contributed by atoms with Crippen molar-refractivity contribution >= 4 is 23.8 Å². The van der Waals surface area contributed by atoms with Crippen molar-refractivity contribution in [2.24, 2.45) is 4.99 Å². The summed E-state index contributed by atoms with van der Waals surface area (Å²) >= 11 is 0. The average Bonchev–Trinajstić information content (AvgIpc) is 2.58. The molecule has 0 aliphatic carbocycles. The van der Waals surface area contributed by atoms with Gasteiger partial charge in [0.1, 0.15) is 5.82 Å². The van der Waals surface area contributed by atoms with Gasteiger partial charge in [-0.1, -0.05) is 12.2 Å². The van der Waals surface area contributed by atoms with Gasteiger partial charge in [-0.2, -0.15) is 4.98 Å². The van der Waals surface area contributed by atoms with Gasteiger partial charge in [-0.15, -0.1) is 9.72 Å². The summed E-state index contributed by atoms with van der Waals surface area (Å²) in [6.07, 6.45) is 3.13. The molecule has 2 heterocycles. The fraction of sp³-hybridized carbons (Fsp3) is 0.385. The molecule has 0 aromatic carbocycles. The largest absolute Gasteiger partial charge is 0.453 e. The molecule has 0 saturated carbocycles. The van der Waals surface area contributed by atoms with Crippen molar-refractivity contribution in [1.82, 2.24) is 9.71 Å². The van der Waals surface area contributed by atoms with Crippen molar-refractivity contribution < 1.29 is 24.3 Å². The smallest absolute Gasteiger partial charge is 0.436 e. The first kappa shape index (κ1) is 16.3. The number of ether oxygens (including phenoxy) is 2. The molecule has 0 unspecified atom stereocenters. The molecule has 2 rings (SSSR count). The van der Waals surface area contributed by atoms with Gasteiger partial charge in [0.05, 0.1) is 14.2 Å². The summed E-state index contributed by atoms with van der Waals surface area (Å²) < 4.78 is 9.39. The van der Waals surface area contributed by atoms with E-state index in [9.17, 15) is 14.8 Å². The average molecular weight is 323 g/mol. The number of hydrogen-bond donors (Lipinski definition) is 2.